The van der Waals surface area contributed by atoms with Crippen LogP contribution in [0.3, 0.4) is 0 Å². The van der Waals surface area contributed by atoms with E-state index in [-0.39, 0.29) is 17.3 Å². The number of hydrogen-bond donors (Lipinski definition) is 0. The van der Waals surface area contributed by atoms with E-state index >= 15 is 0 Å². The monoisotopic (exact) mass is 200 g/mol. The highest BCUT2D eigenvalue weighted by Crippen LogP contribution is 2.23. The Morgan fingerprint density at radius 2 is 1.92 bits per heavy atom. The first-order valence-electron chi connectivity index (χ1n) is 4.60. The van der Waals surface area contributed by atoms with E-state index in [1.54, 1.807) is 0 Å². The van der Waals surface area contributed by atoms with Crippen molar-refractivity contribution in [1.82, 2.24) is 0 Å². The van der Waals surface area contributed by atoms with Gasteiger partial charge in [-0.3, -0.25) is 4.79 Å². The van der Waals surface area contributed by atoms with E-state index < -0.39 is 9.04 Å². The van der Waals surface area contributed by atoms with Crippen LogP contribution in [0.5, 0.6) is 0 Å². The number of carbonyl (C=O) groups excluding carboxylic acids is 1. The maximum absolute atomic E-state index is 11.5. The second kappa shape index (κ2) is 4.72. The van der Waals surface area contributed by atoms with Crippen molar-refractivity contribution >= 4 is 14.8 Å². The Hall–Kier alpha value is -0.413. The molecule has 0 N–H and O–H groups in total. The first kappa shape index (κ1) is 12.6. The summed E-state index contributed by atoms with van der Waals surface area (Å²) in [6.07, 6.45) is 1.03. The van der Waals surface area contributed by atoms with E-state index in [1.807, 2.05) is 20.8 Å². The van der Waals surface area contributed by atoms with Crippen LogP contribution >= 0.6 is 0 Å². The fraction of sp³-hybridized carbons (Fsp3) is 0.700. The third-order valence-corrected chi connectivity index (χ3v) is 2.47. The zero-order chi connectivity index (χ0) is 10.6. The van der Waals surface area contributed by atoms with Gasteiger partial charge in [0.05, 0.1) is 0 Å². The highest BCUT2D eigenvalue weighted by atomic mass is 28.3. The molecule has 0 aromatic heterocycles. The molecule has 0 spiro atoms. The molecule has 0 aliphatic carbocycles. The molecule has 0 aliphatic rings. The van der Waals surface area contributed by atoms with Crippen LogP contribution < -0.4 is 0 Å². The summed E-state index contributed by atoms with van der Waals surface area (Å²) in [7, 11) is -1.17. The Kier molecular flexibility index (Phi) is 4.57. The lowest BCUT2D eigenvalue weighted by atomic mass is 9.87. The number of hydrogen-bond acceptors (Lipinski definition) is 2. The van der Waals surface area contributed by atoms with Gasteiger partial charge in [0, 0.05) is 0 Å². The fourth-order valence-electron chi connectivity index (χ4n) is 1.08. The van der Waals surface area contributed by atoms with Crippen molar-refractivity contribution in [3.8, 4) is 0 Å². The van der Waals surface area contributed by atoms with Gasteiger partial charge in [0.15, 0.2) is 14.8 Å². The fourth-order valence-corrected chi connectivity index (χ4v) is 2.16. The molecule has 2 nitrogen and oxygen atoms in total. The molecule has 0 aromatic carbocycles. The van der Waals surface area contributed by atoms with E-state index in [2.05, 4.69) is 19.7 Å². The molecular weight excluding hydrogens is 180 g/mol. The van der Waals surface area contributed by atoms with Crippen molar-refractivity contribution in [1.29, 1.82) is 0 Å². The van der Waals surface area contributed by atoms with Gasteiger partial charge >= 0.3 is 0 Å². The third kappa shape index (κ3) is 4.38. The Bertz CT molecular complexity index is 192. The first-order chi connectivity index (χ1) is 5.79. The molecule has 0 rings (SSSR count). The summed E-state index contributed by atoms with van der Waals surface area (Å²) in [4.78, 5) is 11.5. The van der Waals surface area contributed by atoms with Gasteiger partial charge in [0.25, 0.3) is 0 Å². The van der Waals surface area contributed by atoms with Crippen molar-refractivity contribution in [2.45, 2.75) is 40.0 Å². The maximum atomic E-state index is 11.5. The van der Waals surface area contributed by atoms with Gasteiger partial charge in [-0.2, -0.15) is 0 Å². The van der Waals surface area contributed by atoms with E-state index in [1.165, 1.54) is 6.08 Å². The van der Waals surface area contributed by atoms with E-state index in [0.29, 0.717) is 0 Å². The summed E-state index contributed by atoms with van der Waals surface area (Å²) in [5.74, 6) is -0.00583. The van der Waals surface area contributed by atoms with Crippen molar-refractivity contribution in [2.24, 2.45) is 5.41 Å². The van der Waals surface area contributed by atoms with Crippen molar-refractivity contribution < 1.29 is 9.22 Å². The van der Waals surface area contributed by atoms with Crippen LogP contribution in [0.15, 0.2) is 12.7 Å². The van der Waals surface area contributed by atoms with Gasteiger partial charge in [-0.15, -0.1) is 0 Å². The van der Waals surface area contributed by atoms with Crippen LogP contribution in [-0.2, 0) is 9.22 Å². The van der Waals surface area contributed by atoms with Crippen LogP contribution in [0.2, 0.25) is 13.1 Å². The first-order valence-corrected chi connectivity index (χ1v) is 7.39. The van der Waals surface area contributed by atoms with Gasteiger partial charge < -0.3 is 4.43 Å². The maximum Gasteiger partial charge on any atom is 0.183 e. The molecule has 1 atom stereocenters. The topological polar surface area (TPSA) is 26.3 Å². The quantitative estimate of drug-likeness (QED) is 0.513. The molecule has 3 heteroatoms. The predicted octanol–water partition coefficient (Wildman–Crippen LogP) is 2.16. The largest absolute Gasteiger partial charge is 0.410 e. The summed E-state index contributed by atoms with van der Waals surface area (Å²) >= 11 is 0. The van der Waals surface area contributed by atoms with Crippen molar-refractivity contribution in [2.75, 3.05) is 0 Å². The molecular formula is C10H20O2Si. The van der Waals surface area contributed by atoms with Gasteiger partial charge in [0.2, 0.25) is 0 Å². The molecule has 0 aromatic rings. The van der Waals surface area contributed by atoms with Crippen LogP contribution in [0.4, 0.5) is 0 Å². The lowest BCUT2D eigenvalue weighted by Gasteiger charge is -2.30. The van der Waals surface area contributed by atoms with Crippen LogP contribution in [0.25, 0.3) is 0 Å². The Labute approximate surface area is 82.7 Å². The average Bonchev–Trinajstić information content (AvgIpc) is 1.96. The van der Waals surface area contributed by atoms with Gasteiger partial charge in [-0.05, 0) is 24.6 Å². The third-order valence-electron chi connectivity index (χ3n) is 1.65. The molecule has 1 unspecified atom stereocenters. The number of carbonyl (C=O) groups is 1. The molecule has 0 radical (unpaired) electrons. The van der Waals surface area contributed by atoms with E-state index in [4.69, 9.17) is 4.43 Å². The van der Waals surface area contributed by atoms with Crippen LogP contribution in [0, 0.1) is 5.41 Å². The van der Waals surface area contributed by atoms with Gasteiger partial charge in [-0.25, -0.2) is 0 Å². The lowest BCUT2D eigenvalue weighted by molar-refractivity contribution is -0.125. The SMILES string of the molecule is C=CC(=O)C(O[SiH](C)C)C(C)(C)C. The summed E-state index contributed by atoms with van der Waals surface area (Å²) in [5.41, 5.74) is -0.136. The molecule has 0 heterocycles. The Balaban J connectivity index is 4.56. The lowest BCUT2D eigenvalue weighted by Crippen LogP contribution is -2.39. The van der Waals surface area contributed by atoms with Crippen molar-refractivity contribution in [3.63, 3.8) is 0 Å². The van der Waals surface area contributed by atoms with Crippen molar-refractivity contribution in [3.05, 3.63) is 12.7 Å². The Morgan fingerprint density at radius 3 is 2.15 bits per heavy atom. The number of ketones is 1. The second-order valence-corrected chi connectivity index (χ2v) is 6.91. The zero-order valence-corrected chi connectivity index (χ0v) is 10.4. The molecule has 0 bridgehead atoms. The Morgan fingerprint density at radius 1 is 1.46 bits per heavy atom. The smallest absolute Gasteiger partial charge is 0.183 e. The van der Waals surface area contributed by atoms with E-state index in [9.17, 15) is 4.79 Å². The molecule has 0 saturated carbocycles. The molecule has 0 aliphatic heterocycles. The van der Waals surface area contributed by atoms with Crippen LogP contribution in [-0.4, -0.2) is 20.9 Å². The second-order valence-electron chi connectivity index (χ2n) is 4.54. The molecule has 13 heavy (non-hydrogen) atoms. The molecule has 0 saturated heterocycles. The van der Waals surface area contributed by atoms with Gasteiger partial charge in [-0.1, -0.05) is 27.4 Å². The standard InChI is InChI=1S/C10H20O2Si/c1-7-8(11)9(10(2,3)4)12-13(5)6/h7,9,13H,1H2,2-6H3. The molecule has 76 valence electrons. The summed E-state index contributed by atoms with van der Waals surface area (Å²) < 4.78 is 5.69. The summed E-state index contributed by atoms with van der Waals surface area (Å²) in [6.45, 7) is 13.6. The van der Waals surface area contributed by atoms with E-state index in [0.717, 1.165) is 0 Å². The summed E-state index contributed by atoms with van der Waals surface area (Å²) in [5, 5.41) is 0. The minimum atomic E-state index is -1.17. The van der Waals surface area contributed by atoms with Gasteiger partial charge in [0.1, 0.15) is 6.10 Å². The minimum absolute atomic E-state index is 0.00583. The predicted molar refractivity (Wildman–Crippen MR) is 58.4 cm³/mol. The van der Waals surface area contributed by atoms with Crippen LogP contribution in [0.1, 0.15) is 20.8 Å². The minimum Gasteiger partial charge on any atom is -0.410 e. The molecule has 0 fully saturated rings. The average molecular weight is 200 g/mol. The normalized spacial score (nSPS) is 14.3. The highest BCUT2D eigenvalue weighted by molar-refractivity contribution is 6.48. The zero-order valence-electron chi connectivity index (χ0n) is 9.26. The molecule has 0 amide bonds. The number of rotatable bonds is 4. The highest BCUT2D eigenvalue weighted by Gasteiger charge is 2.30. The summed E-state index contributed by atoms with van der Waals surface area (Å²) in [6, 6.07) is 0.